The molecule has 0 fully saturated rings. The second-order valence-corrected chi connectivity index (χ2v) is 4.99. The van der Waals surface area contributed by atoms with E-state index < -0.39 is 0 Å². The van der Waals surface area contributed by atoms with Gasteiger partial charge in [-0.15, -0.1) is 0 Å². The molecule has 0 unspecified atom stereocenters. The lowest BCUT2D eigenvalue weighted by atomic mass is 10.1. The molecule has 0 aliphatic heterocycles. The molecule has 0 spiro atoms. The Kier molecular flexibility index (Phi) is 4.15. The molecule has 5 heteroatoms. The summed E-state index contributed by atoms with van der Waals surface area (Å²) in [6.45, 7) is 3.01. The zero-order chi connectivity index (χ0) is 13.1. The first-order valence-corrected chi connectivity index (χ1v) is 6.65. The summed E-state index contributed by atoms with van der Waals surface area (Å²) in [7, 11) is 0. The van der Waals surface area contributed by atoms with Crippen LogP contribution in [0.1, 0.15) is 19.8 Å². The number of rotatable bonds is 4. The van der Waals surface area contributed by atoms with E-state index in [1.807, 2.05) is 4.57 Å². The number of imidazole rings is 1. The Balaban J connectivity index is 2.39. The fourth-order valence-electron chi connectivity index (χ4n) is 1.78. The van der Waals surface area contributed by atoms with Gasteiger partial charge in [0.05, 0.1) is 11.3 Å². The highest BCUT2D eigenvalue weighted by Gasteiger charge is 2.13. The van der Waals surface area contributed by atoms with Crippen molar-refractivity contribution in [3.8, 4) is 11.3 Å². The summed E-state index contributed by atoms with van der Waals surface area (Å²) < 4.78 is 1.94. The summed E-state index contributed by atoms with van der Waals surface area (Å²) >= 11 is 12.1. The van der Waals surface area contributed by atoms with Crippen LogP contribution in [-0.4, -0.2) is 9.55 Å². The highest BCUT2D eigenvalue weighted by molar-refractivity contribution is 6.35. The van der Waals surface area contributed by atoms with E-state index in [0.717, 1.165) is 24.9 Å². The first-order chi connectivity index (χ1) is 8.63. The van der Waals surface area contributed by atoms with Crippen LogP contribution in [0.15, 0.2) is 24.5 Å². The molecule has 1 aromatic carbocycles. The van der Waals surface area contributed by atoms with Gasteiger partial charge >= 0.3 is 0 Å². The molecule has 96 valence electrons. The van der Waals surface area contributed by atoms with Crippen molar-refractivity contribution in [1.82, 2.24) is 9.55 Å². The molecule has 2 aromatic rings. The van der Waals surface area contributed by atoms with Crippen LogP contribution in [0.5, 0.6) is 0 Å². The van der Waals surface area contributed by atoms with Gasteiger partial charge in [0.15, 0.2) is 0 Å². The first-order valence-electron chi connectivity index (χ1n) is 5.89. The van der Waals surface area contributed by atoms with Crippen LogP contribution in [-0.2, 0) is 6.54 Å². The van der Waals surface area contributed by atoms with E-state index in [4.69, 9.17) is 28.9 Å². The van der Waals surface area contributed by atoms with Gasteiger partial charge in [0.1, 0.15) is 11.5 Å². The van der Waals surface area contributed by atoms with Crippen molar-refractivity contribution >= 4 is 29.0 Å². The fraction of sp³-hybridized carbons (Fsp3) is 0.308. The zero-order valence-corrected chi connectivity index (χ0v) is 11.7. The molecule has 0 amide bonds. The highest BCUT2D eigenvalue weighted by Crippen LogP contribution is 2.32. The Bertz CT molecular complexity index is 549. The van der Waals surface area contributed by atoms with E-state index >= 15 is 0 Å². The van der Waals surface area contributed by atoms with Gasteiger partial charge in [-0.2, -0.15) is 0 Å². The number of aromatic nitrogens is 2. The standard InChI is InChI=1S/C13H15Cl2N3/c1-2-3-6-18-8-17-12(13(18)16)10-7-9(14)4-5-11(10)15/h4-5,7-8H,2-3,6,16H2,1H3. The average Bonchev–Trinajstić information content (AvgIpc) is 2.71. The molecule has 2 rings (SSSR count). The number of nitrogens with two attached hydrogens (primary N) is 1. The monoisotopic (exact) mass is 283 g/mol. The topological polar surface area (TPSA) is 43.8 Å². The van der Waals surface area contributed by atoms with Gasteiger partial charge < -0.3 is 10.3 Å². The molecule has 0 saturated carbocycles. The lowest BCUT2D eigenvalue weighted by Crippen LogP contribution is -2.02. The molecule has 3 nitrogen and oxygen atoms in total. The number of nitrogens with zero attached hydrogens (tertiary/aromatic N) is 2. The Hall–Kier alpha value is -1.19. The lowest BCUT2D eigenvalue weighted by Gasteiger charge is -2.06. The molecule has 0 radical (unpaired) electrons. The van der Waals surface area contributed by atoms with Crippen LogP contribution in [0, 0.1) is 0 Å². The van der Waals surface area contributed by atoms with E-state index in [9.17, 15) is 0 Å². The Labute approximate surface area is 117 Å². The van der Waals surface area contributed by atoms with E-state index in [0.29, 0.717) is 21.6 Å². The van der Waals surface area contributed by atoms with Crippen LogP contribution in [0.3, 0.4) is 0 Å². The van der Waals surface area contributed by atoms with Gasteiger partial charge in [0.25, 0.3) is 0 Å². The van der Waals surface area contributed by atoms with Crippen molar-refractivity contribution < 1.29 is 0 Å². The van der Waals surface area contributed by atoms with Crippen LogP contribution in [0.2, 0.25) is 10.0 Å². The highest BCUT2D eigenvalue weighted by atomic mass is 35.5. The van der Waals surface area contributed by atoms with Crippen molar-refractivity contribution in [3.63, 3.8) is 0 Å². The second-order valence-electron chi connectivity index (χ2n) is 4.15. The third-order valence-corrected chi connectivity index (χ3v) is 3.38. The number of aryl methyl sites for hydroxylation is 1. The van der Waals surface area contributed by atoms with Crippen LogP contribution < -0.4 is 5.73 Å². The third kappa shape index (κ3) is 2.62. The van der Waals surface area contributed by atoms with Gasteiger partial charge in [0.2, 0.25) is 0 Å². The van der Waals surface area contributed by atoms with Gasteiger partial charge in [-0.3, -0.25) is 0 Å². The summed E-state index contributed by atoms with van der Waals surface area (Å²) in [5.41, 5.74) is 7.56. The summed E-state index contributed by atoms with van der Waals surface area (Å²) in [5, 5.41) is 1.23. The van der Waals surface area contributed by atoms with Gasteiger partial charge in [0, 0.05) is 17.1 Å². The SMILES string of the molecule is CCCCn1cnc(-c2cc(Cl)ccc2Cl)c1N. The summed E-state index contributed by atoms with van der Waals surface area (Å²) in [4.78, 5) is 4.34. The van der Waals surface area contributed by atoms with Gasteiger partial charge in [-0.25, -0.2) is 4.98 Å². The Morgan fingerprint density at radius 1 is 1.33 bits per heavy atom. The predicted molar refractivity (Wildman–Crippen MR) is 77.0 cm³/mol. The smallest absolute Gasteiger partial charge is 0.131 e. The molecule has 1 heterocycles. The average molecular weight is 284 g/mol. The molecular weight excluding hydrogens is 269 g/mol. The van der Waals surface area contributed by atoms with E-state index in [1.54, 1.807) is 24.5 Å². The number of hydrogen-bond donors (Lipinski definition) is 1. The quantitative estimate of drug-likeness (QED) is 0.912. The van der Waals surface area contributed by atoms with Gasteiger partial charge in [-0.05, 0) is 24.6 Å². The van der Waals surface area contributed by atoms with Gasteiger partial charge in [-0.1, -0.05) is 36.5 Å². The second kappa shape index (κ2) is 5.63. The van der Waals surface area contributed by atoms with Crippen molar-refractivity contribution in [2.75, 3.05) is 5.73 Å². The molecule has 0 saturated heterocycles. The minimum absolute atomic E-state index is 0.604. The molecular formula is C13H15Cl2N3. The molecule has 0 bridgehead atoms. The van der Waals surface area contributed by atoms with E-state index in [-0.39, 0.29) is 0 Å². The van der Waals surface area contributed by atoms with Crippen LogP contribution in [0.4, 0.5) is 5.82 Å². The van der Waals surface area contributed by atoms with Crippen molar-refractivity contribution in [1.29, 1.82) is 0 Å². The number of unbranched alkanes of at least 4 members (excludes halogenated alkanes) is 1. The lowest BCUT2D eigenvalue weighted by molar-refractivity contribution is 0.637. The molecule has 1 aromatic heterocycles. The summed E-state index contributed by atoms with van der Waals surface area (Å²) in [5.74, 6) is 0.632. The Morgan fingerprint density at radius 2 is 2.11 bits per heavy atom. The van der Waals surface area contributed by atoms with E-state index in [1.165, 1.54) is 0 Å². The van der Waals surface area contributed by atoms with Crippen LogP contribution in [0.25, 0.3) is 11.3 Å². The molecule has 0 aliphatic rings. The predicted octanol–water partition coefficient (Wildman–Crippen LogP) is 4.24. The maximum atomic E-state index is 6.15. The minimum Gasteiger partial charge on any atom is -0.383 e. The van der Waals surface area contributed by atoms with Crippen molar-refractivity contribution in [3.05, 3.63) is 34.6 Å². The number of hydrogen-bond acceptors (Lipinski definition) is 2. The number of anilines is 1. The zero-order valence-electron chi connectivity index (χ0n) is 10.2. The van der Waals surface area contributed by atoms with Crippen LogP contribution >= 0.6 is 23.2 Å². The first kappa shape index (κ1) is 13.2. The molecule has 0 aliphatic carbocycles. The molecule has 18 heavy (non-hydrogen) atoms. The number of halogens is 2. The maximum Gasteiger partial charge on any atom is 0.131 e. The van der Waals surface area contributed by atoms with E-state index in [2.05, 4.69) is 11.9 Å². The third-order valence-electron chi connectivity index (χ3n) is 2.81. The van der Waals surface area contributed by atoms with Crippen molar-refractivity contribution in [2.45, 2.75) is 26.3 Å². The Morgan fingerprint density at radius 3 is 2.83 bits per heavy atom. The molecule has 2 N–H and O–H groups in total. The largest absolute Gasteiger partial charge is 0.383 e. The number of nitrogen functional groups attached to an aromatic ring is 1. The fourth-order valence-corrected chi connectivity index (χ4v) is 2.16. The number of benzene rings is 1. The van der Waals surface area contributed by atoms with Crippen molar-refractivity contribution in [2.24, 2.45) is 0 Å². The molecule has 0 atom stereocenters. The minimum atomic E-state index is 0.604. The summed E-state index contributed by atoms with van der Waals surface area (Å²) in [6, 6.07) is 5.29. The maximum absolute atomic E-state index is 6.15. The normalized spacial score (nSPS) is 10.8. The summed E-state index contributed by atoms with van der Waals surface area (Å²) in [6.07, 6.45) is 3.94.